The summed E-state index contributed by atoms with van der Waals surface area (Å²) in [7, 11) is 1.83. The van der Waals surface area contributed by atoms with Crippen LogP contribution >= 0.6 is 0 Å². The molecule has 1 heterocycles. The lowest BCUT2D eigenvalue weighted by Crippen LogP contribution is -2.36. The molecule has 0 radical (unpaired) electrons. The number of hydrogen-bond acceptors (Lipinski definition) is 3. The lowest BCUT2D eigenvalue weighted by Gasteiger charge is -2.28. The molecule has 1 aliphatic heterocycles. The maximum Gasteiger partial charge on any atom is 0.227 e. The van der Waals surface area contributed by atoms with Gasteiger partial charge in [0, 0.05) is 37.9 Å². The van der Waals surface area contributed by atoms with Gasteiger partial charge in [0.15, 0.2) is 0 Å². The van der Waals surface area contributed by atoms with Gasteiger partial charge in [0.1, 0.15) is 0 Å². The van der Waals surface area contributed by atoms with Gasteiger partial charge < -0.3 is 14.5 Å². The van der Waals surface area contributed by atoms with Crippen LogP contribution in [0, 0.1) is 0 Å². The number of morpholine rings is 1. The number of carbonyl (C=O) groups excluding carboxylic acids is 1. The second-order valence-corrected chi connectivity index (χ2v) is 6.05. The molecule has 0 bridgehead atoms. The van der Waals surface area contributed by atoms with Crippen molar-refractivity contribution in [3.63, 3.8) is 0 Å². The molecule has 0 aliphatic carbocycles. The number of anilines is 2. The summed E-state index contributed by atoms with van der Waals surface area (Å²) < 4.78 is 5.38. The Kier molecular flexibility index (Phi) is 5.49. The van der Waals surface area contributed by atoms with Crippen LogP contribution in [-0.2, 0) is 16.0 Å². The van der Waals surface area contributed by atoms with E-state index in [1.54, 1.807) is 4.90 Å². The maximum absolute atomic E-state index is 12.3. The van der Waals surface area contributed by atoms with Gasteiger partial charge in [-0.25, -0.2) is 0 Å². The molecule has 0 saturated carbocycles. The molecule has 1 saturated heterocycles. The average Bonchev–Trinajstić information content (AvgIpc) is 2.67. The summed E-state index contributed by atoms with van der Waals surface area (Å²) in [6.07, 6.45) is 1.28. The summed E-state index contributed by atoms with van der Waals surface area (Å²) in [6.45, 7) is 3.48. The third kappa shape index (κ3) is 4.15. The fourth-order valence-corrected chi connectivity index (χ4v) is 2.91. The summed E-state index contributed by atoms with van der Waals surface area (Å²) in [5.41, 5.74) is 3.36. The van der Waals surface area contributed by atoms with Crippen LogP contribution in [0.4, 0.5) is 11.4 Å². The maximum atomic E-state index is 12.3. The van der Waals surface area contributed by atoms with Crippen molar-refractivity contribution in [2.45, 2.75) is 12.8 Å². The van der Waals surface area contributed by atoms with Crippen LogP contribution in [0.2, 0.25) is 0 Å². The van der Waals surface area contributed by atoms with Crippen molar-refractivity contribution in [1.82, 2.24) is 0 Å². The summed E-state index contributed by atoms with van der Waals surface area (Å²) in [4.78, 5) is 16.4. The van der Waals surface area contributed by atoms with E-state index < -0.39 is 0 Å². The number of ether oxygens (including phenoxy) is 1. The third-order valence-corrected chi connectivity index (χ3v) is 4.46. The molecule has 3 rings (SSSR count). The smallest absolute Gasteiger partial charge is 0.227 e. The summed E-state index contributed by atoms with van der Waals surface area (Å²) in [5, 5.41) is 0. The monoisotopic (exact) mass is 324 g/mol. The minimum atomic E-state index is 0.137. The van der Waals surface area contributed by atoms with Gasteiger partial charge in [0.05, 0.1) is 13.2 Å². The van der Waals surface area contributed by atoms with Gasteiger partial charge in [-0.1, -0.05) is 30.3 Å². The Morgan fingerprint density at radius 3 is 2.38 bits per heavy atom. The molecule has 0 unspecified atom stereocenters. The quantitative estimate of drug-likeness (QED) is 0.847. The topological polar surface area (TPSA) is 32.8 Å². The number of benzene rings is 2. The van der Waals surface area contributed by atoms with Crippen molar-refractivity contribution in [2.24, 2.45) is 0 Å². The highest BCUT2D eigenvalue weighted by atomic mass is 16.5. The van der Waals surface area contributed by atoms with Crippen molar-refractivity contribution in [1.29, 1.82) is 0 Å². The standard InChI is InChI=1S/C20H24N2O2/c1-21(18-5-3-2-4-6-18)20(23)12-9-17-7-10-19(11-8-17)22-13-15-24-16-14-22/h2-8,10-11H,9,12-16H2,1H3. The zero-order valence-electron chi connectivity index (χ0n) is 14.1. The summed E-state index contributed by atoms with van der Waals surface area (Å²) in [6, 6.07) is 18.3. The fraction of sp³-hybridized carbons (Fsp3) is 0.350. The number of amides is 1. The van der Waals surface area contributed by atoms with Gasteiger partial charge in [-0.15, -0.1) is 0 Å². The van der Waals surface area contributed by atoms with Gasteiger partial charge in [0.2, 0.25) is 5.91 Å². The molecule has 0 N–H and O–H groups in total. The average molecular weight is 324 g/mol. The summed E-state index contributed by atoms with van der Waals surface area (Å²) >= 11 is 0. The first-order valence-electron chi connectivity index (χ1n) is 8.47. The number of rotatable bonds is 5. The van der Waals surface area contributed by atoms with Gasteiger partial charge in [-0.3, -0.25) is 4.79 Å². The van der Waals surface area contributed by atoms with Gasteiger partial charge in [0.25, 0.3) is 0 Å². The van der Waals surface area contributed by atoms with Gasteiger partial charge in [-0.05, 0) is 36.2 Å². The Bertz CT molecular complexity index is 649. The molecule has 24 heavy (non-hydrogen) atoms. The highest BCUT2D eigenvalue weighted by molar-refractivity contribution is 5.92. The van der Waals surface area contributed by atoms with Crippen molar-refractivity contribution in [3.8, 4) is 0 Å². The molecule has 0 atom stereocenters. The Labute approximate surface area is 143 Å². The molecule has 126 valence electrons. The second kappa shape index (κ2) is 7.97. The SMILES string of the molecule is CN(C(=O)CCc1ccc(N2CCOCC2)cc1)c1ccccc1. The highest BCUT2D eigenvalue weighted by Crippen LogP contribution is 2.18. The van der Waals surface area contributed by atoms with E-state index in [0.29, 0.717) is 6.42 Å². The first-order chi connectivity index (χ1) is 11.7. The van der Waals surface area contributed by atoms with Crippen LogP contribution in [0.1, 0.15) is 12.0 Å². The zero-order chi connectivity index (χ0) is 16.8. The Morgan fingerprint density at radius 1 is 1.04 bits per heavy atom. The van der Waals surface area contributed by atoms with Crippen LogP contribution in [0.25, 0.3) is 0 Å². The minimum absolute atomic E-state index is 0.137. The van der Waals surface area contributed by atoms with E-state index in [9.17, 15) is 4.79 Å². The van der Waals surface area contributed by atoms with Crippen molar-refractivity contribution < 1.29 is 9.53 Å². The third-order valence-electron chi connectivity index (χ3n) is 4.46. The second-order valence-electron chi connectivity index (χ2n) is 6.05. The number of para-hydroxylation sites is 1. The number of aryl methyl sites for hydroxylation is 1. The molecule has 0 aromatic heterocycles. The lowest BCUT2D eigenvalue weighted by atomic mass is 10.1. The van der Waals surface area contributed by atoms with E-state index in [1.807, 2.05) is 37.4 Å². The van der Waals surface area contributed by atoms with Crippen LogP contribution < -0.4 is 9.80 Å². The number of hydrogen-bond donors (Lipinski definition) is 0. The normalized spacial score (nSPS) is 14.5. The van der Waals surface area contributed by atoms with E-state index in [1.165, 1.54) is 11.3 Å². The van der Waals surface area contributed by atoms with Crippen LogP contribution in [0.5, 0.6) is 0 Å². The highest BCUT2D eigenvalue weighted by Gasteiger charge is 2.12. The predicted octanol–water partition coefficient (Wildman–Crippen LogP) is 3.12. The molecule has 1 amide bonds. The van der Waals surface area contributed by atoms with Crippen molar-refractivity contribution >= 4 is 17.3 Å². The van der Waals surface area contributed by atoms with Crippen LogP contribution in [0.3, 0.4) is 0 Å². The molecule has 4 heteroatoms. The van der Waals surface area contributed by atoms with Crippen molar-refractivity contribution in [3.05, 3.63) is 60.2 Å². The Morgan fingerprint density at radius 2 is 1.71 bits per heavy atom. The molecule has 2 aromatic carbocycles. The van der Waals surface area contributed by atoms with E-state index in [4.69, 9.17) is 4.74 Å². The Balaban J connectivity index is 1.53. The predicted molar refractivity (Wildman–Crippen MR) is 97.6 cm³/mol. The molecule has 2 aromatic rings. The first-order valence-corrected chi connectivity index (χ1v) is 8.47. The van der Waals surface area contributed by atoms with Gasteiger partial charge in [-0.2, -0.15) is 0 Å². The molecular weight excluding hydrogens is 300 g/mol. The number of nitrogens with zero attached hydrogens (tertiary/aromatic N) is 2. The summed E-state index contributed by atoms with van der Waals surface area (Å²) in [5.74, 6) is 0.137. The number of carbonyl (C=O) groups is 1. The molecular formula is C20H24N2O2. The molecule has 1 fully saturated rings. The van der Waals surface area contributed by atoms with Crippen molar-refractivity contribution in [2.75, 3.05) is 43.2 Å². The Hall–Kier alpha value is -2.33. The molecule has 1 aliphatic rings. The van der Waals surface area contributed by atoms with Crippen LogP contribution in [0.15, 0.2) is 54.6 Å². The first kappa shape index (κ1) is 16.5. The largest absolute Gasteiger partial charge is 0.378 e. The lowest BCUT2D eigenvalue weighted by molar-refractivity contribution is -0.118. The van der Waals surface area contributed by atoms with E-state index in [0.717, 1.165) is 38.4 Å². The fourth-order valence-electron chi connectivity index (χ4n) is 2.91. The van der Waals surface area contributed by atoms with Crippen LogP contribution in [-0.4, -0.2) is 39.3 Å². The van der Waals surface area contributed by atoms with E-state index >= 15 is 0 Å². The zero-order valence-corrected chi connectivity index (χ0v) is 14.1. The minimum Gasteiger partial charge on any atom is -0.378 e. The van der Waals surface area contributed by atoms with Gasteiger partial charge >= 0.3 is 0 Å². The van der Waals surface area contributed by atoms with E-state index in [-0.39, 0.29) is 5.91 Å². The molecule has 4 nitrogen and oxygen atoms in total. The van der Waals surface area contributed by atoms with E-state index in [2.05, 4.69) is 29.2 Å². The molecule has 0 spiro atoms.